The summed E-state index contributed by atoms with van der Waals surface area (Å²) in [5.41, 5.74) is 4.93. The molecule has 0 aliphatic heterocycles. The predicted octanol–water partition coefficient (Wildman–Crippen LogP) is 11.8. The van der Waals surface area contributed by atoms with Crippen LogP contribution in [-0.4, -0.2) is 72.2 Å². The van der Waals surface area contributed by atoms with Crippen LogP contribution in [0.2, 0.25) is 0 Å². The van der Waals surface area contributed by atoms with E-state index in [4.69, 9.17) is 18.9 Å². The highest BCUT2D eigenvalue weighted by Crippen LogP contribution is 2.42. The van der Waals surface area contributed by atoms with Crippen LogP contribution in [0.3, 0.4) is 0 Å². The Hall–Kier alpha value is -6.04. The van der Waals surface area contributed by atoms with E-state index in [1.807, 2.05) is 140 Å². The fraction of sp³-hybridized carbons (Fsp3) is 0.500. The molecule has 12 nitrogen and oxygen atoms in total. The maximum Gasteiger partial charge on any atom is 0.407 e. The zero-order chi connectivity index (χ0) is 51.6. The molecule has 2 amide bonds. The Balaban J connectivity index is 1.93. The van der Waals surface area contributed by atoms with Crippen LogP contribution >= 0.6 is 0 Å². The molecule has 2 N–H and O–H groups in total. The number of ketones is 2. The first kappa shape index (κ1) is 58.1. The van der Waals surface area contributed by atoms with E-state index in [0.717, 1.165) is 33.4 Å². The van der Waals surface area contributed by atoms with Crippen molar-refractivity contribution in [3.8, 4) is 0 Å². The predicted molar refractivity (Wildman–Crippen MR) is 270 cm³/mol. The molecule has 2 rings (SSSR count). The van der Waals surface area contributed by atoms with Crippen LogP contribution in [0.1, 0.15) is 136 Å². The second kappa shape index (κ2) is 25.9. The molecule has 0 saturated carbocycles. The molecule has 0 aromatic carbocycles. The molecule has 372 valence electrons. The van der Waals surface area contributed by atoms with Crippen LogP contribution in [0.15, 0.2) is 130 Å². The average Bonchev–Trinajstić information content (AvgIpc) is 3.18. The van der Waals surface area contributed by atoms with Crippen molar-refractivity contribution >= 4 is 35.7 Å². The summed E-state index contributed by atoms with van der Waals surface area (Å²) in [5, 5.41) is 5.07. The van der Waals surface area contributed by atoms with Crippen LogP contribution < -0.4 is 10.6 Å². The van der Waals surface area contributed by atoms with Gasteiger partial charge in [-0.1, -0.05) is 135 Å². The van der Waals surface area contributed by atoms with Crippen LogP contribution in [0.4, 0.5) is 9.59 Å². The fourth-order valence-corrected chi connectivity index (χ4v) is 7.35. The summed E-state index contributed by atoms with van der Waals surface area (Å²) in [6.07, 6.45) is 25.5. The summed E-state index contributed by atoms with van der Waals surface area (Å²) >= 11 is 0. The number of Topliss-reactive ketones (excluding diaryl/α,β-unsaturated/α-hetero) is 2. The van der Waals surface area contributed by atoms with Gasteiger partial charge in [-0.05, 0) is 116 Å². The van der Waals surface area contributed by atoms with Gasteiger partial charge in [0.15, 0.2) is 23.8 Å². The molecular formula is C56H78N2O10. The van der Waals surface area contributed by atoms with Gasteiger partial charge < -0.3 is 29.6 Å². The van der Waals surface area contributed by atoms with Gasteiger partial charge in [0.2, 0.25) is 0 Å². The molecule has 12 heteroatoms. The van der Waals surface area contributed by atoms with E-state index in [1.54, 1.807) is 55.4 Å². The number of rotatable bonds is 18. The summed E-state index contributed by atoms with van der Waals surface area (Å²) < 4.78 is 21.5. The molecule has 0 radical (unpaired) electrons. The first-order valence-corrected chi connectivity index (χ1v) is 23.3. The number of hydrogen-bond donors (Lipinski definition) is 2. The van der Waals surface area contributed by atoms with Crippen molar-refractivity contribution in [1.29, 1.82) is 0 Å². The number of amides is 2. The third-order valence-electron chi connectivity index (χ3n) is 10.8. The normalized spacial score (nSPS) is 20.1. The Bertz CT molecular complexity index is 2080. The molecular weight excluding hydrogens is 861 g/mol. The van der Waals surface area contributed by atoms with Crippen molar-refractivity contribution < 1.29 is 47.7 Å². The van der Waals surface area contributed by atoms with E-state index in [9.17, 15) is 28.8 Å². The second-order valence-electron chi connectivity index (χ2n) is 20.7. The van der Waals surface area contributed by atoms with Gasteiger partial charge in [-0.15, -0.1) is 0 Å². The van der Waals surface area contributed by atoms with Crippen molar-refractivity contribution in [3.63, 3.8) is 0 Å². The lowest BCUT2D eigenvalue weighted by atomic mass is 9.71. The number of carbonyl (C=O) groups is 6. The Morgan fingerprint density at radius 2 is 0.853 bits per heavy atom. The molecule has 2 aliphatic carbocycles. The molecule has 0 spiro atoms. The second-order valence-corrected chi connectivity index (χ2v) is 20.7. The fourth-order valence-electron chi connectivity index (χ4n) is 7.35. The zero-order valence-corrected chi connectivity index (χ0v) is 43.6. The topological polar surface area (TPSA) is 163 Å². The van der Waals surface area contributed by atoms with E-state index in [-0.39, 0.29) is 37.5 Å². The van der Waals surface area contributed by atoms with Gasteiger partial charge in [0, 0.05) is 25.9 Å². The molecule has 0 heterocycles. The highest BCUT2D eigenvalue weighted by molar-refractivity contribution is 6.02. The van der Waals surface area contributed by atoms with E-state index in [0.29, 0.717) is 24.0 Å². The van der Waals surface area contributed by atoms with E-state index < -0.39 is 58.4 Å². The molecule has 0 aromatic heterocycles. The zero-order valence-electron chi connectivity index (χ0n) is 43.6. The maximum absolute atomic E-state index is 13.2. The minimum absolute atomic E-state index is 0.0451. The molecule has 2 aliphatic rings. The first-order valence-electron chi connectivity index (χ1n) is 23.3. The minimum atomic E-state index is -0.885. The van der Waals surface area contributed by atoms with Gasteiger partial charge in [-0.25, -0.2) is 9.59 Å². The number of hydrogen-bond acceptors (Lipinski definition) is 10. The quantitative estimate of drug-likeness (QED) is 0.0768. The van der Waals surface area contributed by atoms with Crippen LogP contribution in [0.5, 0.6) is 0 Å². The van der Waals surface area contributed by atoms with E-state index in [2.05, 4.69) is 10.6 Å². The van der Waals surface area contributed by atoms with Crippen molar-refractivity contribution in [2.75, 3.05) is 13.1 Å². The van der Waals surface area contributed by atoms with Gasteiger partial charge >= 0.3 is 24.1 Å². The summed E-state index contributed by atoms with van der Waals surface area (Å²) in [4.78, 5) is 75.3. The monoisotopic (exact) mass is 939 g/mol. The Morgan fingerprint density at radius 1 is 0.544 bits per heavy atom. The smallest absolute Gasteiger partial charge is 0.407 e. The third kappa shape index (κ3) is 21.3. The van der Waals surface area contributed by atoms with Gasteiger partial charge in [-0.3, -0.25) is 19.2 Å². The summed E-state index contributed by atoms with van der Waals surface area (Å²) in [6, 6.07) is 0. The lowest BCUT2D eigenvalue weighted by Crippen LogP contribution is -2.39. The van der Waals surface area contributed by atoms with Crippen molar-refractivity contribution in [2.45, 2.75) is 160 Å². The standard InChI is InChI=1S/C56H78N2O10/c1-37(23-19-25-39(3)27-29-43-41(5)49(61)45(35-55(43,13)14)65-47(59)31-33-57-51(63)67-53(7,8)9)21-17-18-22-38(2)24-20-26-40(4)28-30-44-42(6)50(62)46(36-56(44,15)16)66-48(60)32-34-58-52(64)68-54(10,11)12/h17-30,45-46H,31-36H2,1-16H3,(H,57,63)(H,58,64). The van der Waals surface area contributed by atoms with Gasteiger partial charge in [0.1, 0.15) is 11.2 Å². The third-order valence-corrected chi connectivity index (χ3v) is 10.8. The molecule has 0 saturated heterocycles. The minimum Gasteiger partial charge on any atom is -0.454 e. The molecule has 2 atom stereocenters. The molecule has 2 unspecified atom stereocenters. The molecule has 0 aromatic rings. The molecule has 0 bridgehead atoms. The van der Waals surface area contributed by atoms with Gasteiger partial charge in [0.05, 0.1) is 12.8 Å². The summed E-state index contributed by atoms with van der Waals surface area (Å²) in [7, 11) is 0. The lowest BCUT2D eigenvalue weighted by molar-refractivity contribution is -0.156. The Kier molecular flexibility index (Phi) is 22.1. The number of allylic oxidation sites excluding steroid dienone is 20. The van der Waals surface area contributed by atoms with E-state index in [1.165, 1.54) is 0 Å². The average molecular weight is 939 g/mol. The van der Waals surface area contributed by atoms with E-state index >= 15 is 0 Å². The largest absolute Gasteiger partial charge is 0.454 e. The Morgan fingerprint density at radius 3 is 1.18 bits per heavy atom. The van der Waals surface area contributed by atoms with Crippen molar-refractivity contribution in [2.24, 2.45) is 10.8 Å². The van der Waals surface area contributed by atoms with Crippen molar-refractivity contribution in [3.05, 3.63) is 130 Å². The molecule has 68 heavy (non-hydrogen) atoms. The van der Waals surface area contributed by atoms with Crippen LogP contribution in [-0.2, 0) is 38.1 Å². The van der Waals surface area contributed by atoms with Gasteiger partial charge in [-0.2, -0.15) is 0 Å². The number of nitrogens with one attached hydrogen (secondary N) is 2. The lowest BCUT2D eigenvalue weighted by Gasteiger charge is -2.36. The first-order chi connectivity index (χ1) is 31.4. The van der Waals surface area contributed by atoms with Gasteiger partial charge in [0.25, 0.3) is 0 Å². The van der Waals surface area contributed by atoms with Crippen LogP contribution in [0, 0.1) is 10.8 Å². The number of ether oxygens (including phenoxy) is 4. The van der Waals surface area contributed by atoms with Crippen LogP contribution in [0.25, 0.3) is 0 Å². The van der Waals surface area contributed by atoms with Crippen molar-refractivity contribution in [1.82, 2.24) is 10.6 Å². The summed E-state index contributed by atoms with van der Waals surface area (Å²) in [5.74, 6) is -1.56. The summed E-state index contributed by atoms with van der Waals surface area (Å²) in [6.45, 7) is 30.3. The highest BCUT2D eigenvalue weighted by Gasteiger charge is 2.41. The number of esters is 2. The number of carbonyl (C=O) groups excluding carboxylic acids is 6. The Labute approximate surface area is 406 Å². The SMILES string of the molecule is CC(C=CC=C(C)C=CC1=C(C)C(=O)C(OC(=O)CCNC(=O)OC(C)(C)C)CC1(C)C)=CC=CC=C(C)C=CC=C(C)C=CC1=C(C)C(=O)C(OC(=O)CCNC(=O)OC(C)(C)C)CC1(C)C. The molecule has 0 fully saturated rings. The maximum atomic E-state index is 13.2. The number of alkyl carbamates (subject to hydrolysis) is 2. The highest BCUT2D eigenvalue weighted by atomic mass is 16.6.